The van der Waals surface area contributed by atoms with Crippen LogP contribution in [0.4, 0.5) is 13.2 Å². The summed E-state index contributed by atoms with van der Waals surface area (Å²) in [5.74, 6) is 0.505. The molecule has 1 aromatic heterocycles. The second kappa shape index (κ2) is 9.12. The third kappa shape index (κ3) is 5.47. The molecule has 1 aromatic carbocycles. The lowest BCUT2D eigenvalue weighted by Gasteiger charge is -2.34. The normalized spacial score (nSPS) is 18.5. The molecule has 3 rings (SSSR count). The lowest BCUT2D eigenvalue weighted by Crippen LogP contribution is -2.53. The van der Waals surface area contributed by atoms with E-state index in [4.69, 9.17) is 0 Å². The standard InChI is InChI=1S/C20H23F3N6O/c1-3-18(17-5-4-14(8-19(17)30)15-10-25-26-11-15)28-27-13(2)29-7-6-24-16(12-29)9-20(21,22)23/h3-5,8,10-11,16,24,30H,1,6-7,9,12H2,2H3,(H,25,26)/b27-13+,28-18+. The van der Waals surface area contributed by atoms with Crippen LogP contribution in [-0.2, 0) is 0 Å². The summed E-state index contributed by atoms with van der Waals surface area (Å²) in [4.78, 5) is 1.76. The molecule has 0 bridgehead atoms. The van der Waals surface area contributed by atoms with Crippen LogP contribution in [0.2, 0.25) is 0 Å². The Morgan fingerprint density at radius 1 is 1.37 bits per heavy atom. The summed E-state index contributed by atoms with van der Waals surface area (Å²) >= 11 is 0. The fourth-order valence-corrected chi connectivity index (χ4v) is 3.27. The summed E-state index contributed by atoms with van der Waals surface area (Å²) in [6, 6.07) is 4.42. The van der Waals surface area contributed by atoms with E-state index in [1.165, 1.54) is 6.08 Å². The van der Waals surface area contributed by atoms with Crippen molar-refractivity contribution in [2.75, 3.05) is 19.6 Å². The van der Waals surface area contributed by atoms with Gasteiger partial charge in [0.25, 0.3) is 0 Å². The summed E-state index contributed by atoms with van der Waals surface area (Å²) < 4.78 is 38.0. The molecule has 1 atom stereocenters. The maximum Gasteiger partial charge on any atom is 0.390 e. The van der Waals surface area contributed by atoms with E-state index < -0.39 is 18.6 Å². The van der Waals surface area contributed by atoms with Crippen LogP contribution in [-0.4, -0.2) is 63.6 Å². The number of piperazine rings is 1. The first-order chi connectivity index (χ1) is 14.3. The number of aromatic amines is 1. The predicted octanol–water partition coefficient (Wildman–Crippen LogP) is 3.32. The van der Waals surface area contributed by atoms with E-state index in [1.807, 2.05) is 6.07 Å². The van der Waals surface area contributed by atoms with Gasteiger partial charge in [0.2, 0.25) is 0 Å². The number of rotatable bonds is 5. The fourth-order valence-electron chi connectivity index (χ4n) is 3.27. The van der Waals surface area contributed by atoms with Crippen LogP contribution < -0.4 is 5.32 Å². The van der Waals surface area contributed by atoms with Crippen LogP contribution in [0.5, 0.6) is 5.75 Å². The molecule has 0 aliphatic carbocycles. The Kier molecular flexibility index (Phi) is 6.56. The Morgan fingerprint density at radius 3 is 2.80 bits per heavy atom. The number of phenolic OH excluding ortho intramolecular Hbond substituents is 1. The Bertz CT molecular complexity index is 937. The molecule has 0 radical (unpaired) electrons. The maximum atomic E-state index is 12.7. The van der Waals surface area contributed by atoms with Gasteiger partial charge in [-0.2, -0.15) is 18.3 Å². The molecular formula is C20H23F3N6O. The summed E-state index contributed by atoms with van der Waals surface area (Å²) in [5, 5.41) is 28.2. The predicted molar refractivity (Wildman–Crippen MR) is 110 cm³/mol. The van der Waals surface area contributed by atoms with Gasteiger partial charge in [-0.05, 0) is 30.7 Å². The molecule has 0 spiro atoms. The molecule has 1 unspecified atom stereocenters. The Balaban J connectivity index is 1.75. The second-order valence-electron chi connectivity index (χ2n) is 6.97. The van der Waals surface area contributed by atoms with Gasteiger partial charge in [-0.15, -0.1) is 10.2 Å². The molecule has 1 aliphatic rings. The molecule has 160 valence electrons. The third-order valence-electron chi connectivity index (χ3n) is 4.79. The summed E-state index contributed by atoms with van der Waals surface area (Å²) in [6.07, 6.45) is -0.295. The largest absolute Gasteiger partial charge is 0.507 e. The highest BCUT2D eigenvalue weighted by Crippen LogP contribution is 2.27. The minimum atomic E-state index is -4.22. The number of phenols is 1. The van der Waals surface area contributed by atoms with E-state index in [2.05, 4.69) is 32.3 Å². The highest BCUT2D eigenvalue weighted by molar-refractivity contribution is 6.10. The Hall–Kier alpha value is -3.14. The summed E-state index contributed by atoms with van der Waals surface area (Å²) in [5.41, 5.74) is 2.41. The van der Waals surface area contributed by atoms with E-state index >= 15 is 0 Å². The topological polar surface area (TPSA) is 88.9 Å². The number of alkyl halides is 3. The molecule has 0 saturated carbocycles. The SMILES string of the molecule is C=C/C(=N\N=C(/C)N1CCNC(CC(F)(F)F)C1)c1ccc(-c2cn[nH]c2)cc1O. The molecule has 1 saturated heterocycles. The number of aromatic hydroxyl groups is 1. The van der Waals surface area contributed by atoms with Gasteiger partial charge in [0.05, 0.1) is 18.3 Å². The van der Waals surface area contributed by atoms with Crippen molar-refractivity contribution in [1.29, 1.82) is 0 Å². The number of H-pyrrole nitrogens is 1. The van der Waals surface area contributed by atoms with Crippen molar-refractivity contribution >= 4 is 11.5 Å². The van der Waals surface area contributed by atoms with E-state index in [-0.39, 0.29) is 12.3 Å². The van der Waals surface area contributed by atoms with E-state index in [1.54, 1.807) is 36.4 Å². The molecule has 7 nitrogen and oxygen atoms in total. The number of aromatic nitrogens is 2. The van der Waals surface area contributed by atoms with Crippen LogP contribution in [0.3, 0.4) is 0 Å². The number of benzene rings is 1. The second-order valence-corrected chi connectivity index (χ2v) is 6.97. The van der Waals surface area contributed by atoms with Crippen molar-refractivity contribution in [3.63, 3.8) is 0 Å². The molecular weight excluding hydrogens is 397 g/mol. The van der Waals surface area contributed by atoms with Gasteiger partial charge in [0.15, 0.2) is 0 Å². The van der Waals surface area contributed by atoms with Gasteiger partial charge in [-0.1, -0.05) is 12.6 Å². The first kappa shape index (κ1) is 21.6. The van der Waals surface area contributed by atoms with Crippen LogP contribution in [0.25, 0.3) is 11.1 Å². The molecule has 2 heterocycles. The number of amidine groups is 1. The van der Waals surface area contributed by atoms with Crippen LogP contribution >= 0.6 is 0 Å². The molecule has 3 N–H and O–H groups in total. The monoisotopic (exact) mass is 420 g/mol. The van der Waals surface area contributed by atoms with Crippen LogP contribution in [0.1, 0.15) is 18.9 Å². The van der Waals surface area contributed by atoms with Crippen molar-refractivity contribution in [2.45, 2.75) is 25.6 Å². The van der Waals surface area contributed by atoms with Crippen LogP contribution in [0.15, 0.2) is 53.5 Å². The maximum absolute atomic E-state index is 12.7. The quantitative estimate of drug-likeness (QED) is 0.393. The summed E-state index contributed by atoms with van der Waals surface area (Å²) in [7, 11) is 0. The molecule has 2 aromatic rings. The number of halogens is 3. The lowest BCUT2D eigenvalue weighted by atomic mass is 10.0. The molecule has 1 aliphatic heterocycles. The van der Waals surface area contributed by atoms with E-state index in [0.29, 0.717) is 30.2 Å². The van der Waals surface area contributed by atoms with Crippen molar-refractivity contribution in [2.24, 2.45) is 10.2 Å². The Labute approximate surface area is 172 Å². The first-order valence-corrected chi connectivity index (χ1v) is 9.39. The zero-order valence-electron chi connectivity index (χ0n) is 16.4. The lowest BCUT2D eigenvalue weighted by molar-refractivity contribution is -0.141. The average Bonchev–Trinajstić information content (AvgIpc) is 3.23. The minimum absolute atomic E-state index is 0.00705. The van der Waals surface area contributed by atoms with Crippen molar-refractivity contribution < 1.29 is 18.3 Å². The number of nitrogens with zero attached hydrogens (tertiary/aromatic N) is 4. The molecule has 0 amide bonds. The highest BCUT2D eigenvalue weighted by atomic mass is 19.4. The minimum Gasteiger partial charge on any atom is -0.507 e. The Morgan fingerprint density at radius 2 is 2.17 bits per heavy atom. The van der Waals surface area contributed by atoms with Crippen molar-refractivity contribution in [3.05, 3.63) is 48.8 Å². The number of allylic oxidation sites excluding steroid dienone is 1. The molecule has 30 heavy (non-hydrogen) atoms. The van der Waals surface area contributed by atoms with Crippen molar-refractivity contribution in [1.82, 2.24) is 20.4 Å². The highest BCUT2D eigenvalue weighted by Gasteiger charge is 2.34. The zero-order valence-corrected chi connectivity index (χ0v) is 16.4. The molecule has 1 fully saturated rings. The smallest absolute Gasteiger partial charge is 0.390 e. The van der Waals surface area contributed by atoms with Gasteiger partial charge < -0.3 is 15.3 Å². The summed E-state index contributed by atoms with van der Waals surface area (Å²) in [6.45, 7) is 6.58. The van der Waals surface area contributed by atoms with Crippen molar-refractivity contribution in [3.8, 4) is 16.9 Å². The van der Waals surface area contributed by atoms with Crippen LogP contribution in [0, 0.1) is 0 Å². The van der Waals surface area contributed by atoms with E-state index in [9.17, 15) is 18.3 Å². The van der Waals surface area contributed by atoms with Gasteiger partial charge in [-0.3, -0.25) is 5.10 Å². The van der Waals surface area contributed by atoms with E-state index in [0.717, 1.165) is 11.1 Å². The number of hydrogen-bond donors (Lipinski definition) is 3. The average molecular weight is 420 g/mol. The van der Waals surface area contributed by atoms with Gasteiger partial charge >= 0.3 is 6.18 Å². The van der Waals surface area contributed by atoms with Gasteiger partial charge in [-0.25, -0.2) is 0 Å². The van der Waals surface area contributed by atoms with Gasteiger partial charge in [0, 0.05) is 43.0 Å². The number of nitrogens with one attached hydrogen (secondary N) is 2. The molecule has 10 heteroatoms. The number of hydrogen-bond acceptors (Lipinski definition) is 5. The zero-order chi connectivity index (χ0) is 21.7. The first-order valence-electron chi connectivity index (χ1n) is 9.39. The fraction of sp³-hybridized carbons (Fsp3) is 0.350. The van der Waals surface area contributed by atoms with Gasteiger partial charge in [0.1, 0.15) is 11.6 Å². The third-order valence-corrected chi connectivity index (χ3v) is 4.79.